The fraction of sp³-hybridized carbons (Fsp3) is 0.308. The summed E-state index contributed by atoms with van der Waals surface area (Å²) >= 11 is 0. The van der Waals surface area contributed by atoms with Crippen molar-refractivity contribution in [3.05, 3.63) is 75.7 Å². The highest BCUT2D eigenvalue weighted by atomic mass is 19.1. The number of carbonyl (C=O) groups excluding carboxylic acids is 1. The number of benzene rings is 2. The topological polar surface area (TPSA) is 181 Å². The Hall–Kier alpha value is -4.36. The number of amides is 2. The second-order valence-electron chi connectivity index (χ2n) is 8.91. The molecule has 9 N–H and O–H groups in total. The quantitative estimate of drug-likeness (QED) is 0.116. The maximum atomic E-state index is 13.9. The Morgan fingerprint density at radius 2 is 1.79 bits per heavy atom. The molecule has 0 unspecified atom stereocenters. The number of nitrogens with one attached hydrogen (secondary N) is 3. The van der Waals surface area contributed by atoms with Crippen molar-refractivity contribution in [3.63, 3.8) is 0 Å². The predicted molar refractivity (Wildman–Crippen MR) is 148 cm³/mol. The minimum absolute atomic E-state index is 0.0751. The monoisotopic (exact) mass is 541 g/mol. The Morgan fingerprint density at radius 3 is 2.46 bits per heavy atom. The zero-order valence-electron chi connectivity index (χ0n) is 21.6. The number of nitrogens with zero attached hydrogens (tertiary/aromatic N) is 3. The lowest BCUT2D eigenvalue weighted by atomic mass is 10.1. The Labute approximate surface area is 224 Å². The van der Waals surface area contributed by atoms with Crippen LogP contribution in [0.2, 0.25) is 0 Å². The molecule has 1 aromatic heterocycles. The molecule has 0 bridgehead atoms. The molecule has 208 valence electrons. The van der Waals surface area contributed by atoms with E-state index in [0.717, 1.165) is 37.6 Å². The highest BCUT2D eigenvalue weighted by molar-refractivity contribution is 5.98. The van der Waals surface area contributed by atoms with E-state index >= 15 is 0 Å². The number of urea groups is 1. The molecule has 2 amide bonds. The van der Waals surface area contributed by atoms with Gasteiger partial charge in [0.15, 0.2) is 5.96 Å². The number of aromatic nitrogens is 2. The van der Waals surface area contributed by atoms with Gasteiger partial charge < -0.3 is 22.5 Å². The highest BCUT2D eigenvalue weighted by Crippen LogP contribution is 2.20. The molecule has 0 fully saturated rings. The molecule has 11 nitrogen and oxygen atoms in total. The number of guanidine groups is 1. The first-order valence-corrected chi connectivity index (χ1v) is 12.4. The molecule has 3 rings (SSSR count). The van der Waals surface area contributed by atoms with Gasteiger partial charge in [-0.15, -0.1) is 0 Å². The molecule has 0 saturated heterocycles. The van der Waals surface area contributed by atoms with Crippen LogP contribution in [0.1, 0.15) is 24.0 Å². The first-order valence-electron chi connectivity index (χ1n) is 12.4. The Bertz CT molecular complexity index is 1360. The van der Waals surface area contributed by atoms with E-state index in [-0.39, 0.29) is 23.2 Å². The molecule has 0 aliphatic rings. The van der Waals surface area contributed by atoms with Gasteiger partial charge in [-0.2, -0.15) is 0 Å². The molecule has 39 heavy (non-hydrogen) atoms. The summed E-state index contributed by atoms with van der Waals surface area (Å²) in [6.45, 7) is 4.91. The summed E-state index contributed by atoms with van der Waals surface area (Å²) in [6, 6.07) is 8.49. The second-order valence-corrected chi connectivity index (χ2v) is 8.91. The summed E-state index contributed by atoms with van der Waals surface area (Å²) in [7, 11) is 0. The third-order valence-electron chi connectivity index (χ3n) is 5.80. The number of aryl methyl sites for hydroxylation is 1. The average Bonchev–Trinajstić information content (AvgIpc) is 2.88. The normalized spacial score (nSPS) is 10.9. The van der Waals surface area contributed by atoms with Gasteiger partial charge >= 0.3 is 6.03 Å². The van der Waals surface area contributed by atoms with Gasteiger partial charge in [0.2, 0.25) is 5.95 Å². The van der Waals surface area contributed by atoms with Gasteiger partial charge in [-0.05, 0) is 55.6 Å². The van der Waals surface area contributed by atoms with Crippen LogP contribution in [0.15, 0.2) is 52.4 Å². The van der Waals surface area contributed by atoms with Crippen molar-refractivity contribution in [2.24, 2.45) is 22.2 Å². The van der Waals surface area contributed by atoms with E-state index in [9.17, 15) is 18.4 Å². The first kappa shape index (κ1) is 29.2. The molecule has 0 aliphatic carbocycles. The third kappa shape index (κ3) is 8.86. The number of carbonyl (C=O) groups is 1. The number of aliphatic imine (C=N–C) groups is 1. The minimum Gasteiger partial charge on any atom is -0.370 e. The summed E-state index contributed by atoms with van der Waals surface area (Å²) in [6.07, 6.45) is 3.00. The van der Waals surface area contributed by atoms with Crippen LogP contribution < -0.4 is 33.4 Å². The summed E-state index contributed by atoms with van der Waals surface area (Å²) in [5, 5.41) is 4.60. The van der Waals surface area contributed by atoms with E-state index in [1.54, 1.807) is 0 Å². The van der Waals surface area contributed by atoms with Crippen molar-refractivity contribution in [3.8, 4) is 11.1 Å². The molecule has 0 aliphatic heterocycles. The lowest BCUT2D eigenvalue weighted by molar-refractivity contribution is 0.262. The molecule has 0 atom stereocenters. The largest absolute Gasteiger partial charge is 0.370 e. The van der Waals surface area contributed by atoms with Gasteiger partial charge in [-0.3, -0.25) is 25.0 Å². The molecular weight excluding hydrogens is 508 g/mol. The zero-order valence-corrected chi connectivity index (χ0v) is 21.6. The third-order valence-corrected chi connectivity index (χ3v) is 5.80. The highest BCUT2D eigenvalue weighted by Gasteiger charge is 2.13. The Morgan fingerprint density at radius 1 is 1.08 bits per heavy atom. The van der Waals surface area contributed by atoms with Crippen molar-refractivity contribution in [1.82, 2.24) is 14.9 Å². The van der Waals surface area contributed by atoms with E-state index in [4.69, 9.17) is 17.2 Å². The van der Waals surface area contributed by atoms with Crippen molar-refractivity contribution < 1.29 is 13.6 Å². The predicted octanol–water partition coefficient (Wildman–Crippen LogP) is 2.48. The maximum Gasteiger partial charge on any atom is 0.326 e. The molecule has 1 heterocycles. The molecule has 13 heteroatoms. The van der Waals surface area contributed by atoms with Crippen LogP contribution in [-0.4, -0.2) is 53.0 Å². The van der Waals surface area contributed by atoms with Gasteiger partial charge in [0.1, 0.15) is 11.6 Å². The number of hydrogen-bond donors (Lipinski definition) is 6. The van der Waals surface area contributed by atoms with Gasteiger partial charge in [0.05, 0.1) is 11.3 Å². The number of aromatic amines is 1. The summed E-state index contributed by atoms with van der Waals surface area (Å²) in [5.74, 6) is -1.71. The number of nitrogens with two attached hydrogens (primary N) is 3. The number of anilines is 2. The lowest BCUT2D eigenvalue weighted by Gasteiger charge is -2.22. The number of halogens is 2. The molecule has 2 aromatic carbocycles. The summed E-state index contributed by atoms with van der Waals surface area (Å²) in [5.41, 5.74) is 17.9. The molecule has 0 spiro atoms. The number of H-pyrrole nitrogens is 1. The van der Waals surface area contributed by atoms with Crippen LogP contribution in [-0.2, 0) is 6.54 Å². The zero-order chi connectivity index (χ0) is 28.4. The van der Waals surface area contributed by atoms with Crippen molar-refractivity contribution in [2.45, 2.75) is 26.3 Å². The van der Waals surface area contributed by atoms with Gasteiger partial charge in [0.25, 0.3) is 5.56 Å². The van der Waals surface area contributed by atoms with E-state index in [0.29, 0.717) is 36.8 Å². The summed E-state index contributed by atoms with van der Waals surface area (Å²) in [4.78, 5) is 37.8. The fourth-order valence-corrected chi connectivity index (χ4v) is 3.81. The van der Waals surface area contributed by atoms with Gasteiger partial charge in [-0.1, -0.05) is 24.3 Å². The SMILES string of the molecule is Cc1cc(NC(=O)Nc2ncc(-c3ccc(CN(CCCN)CCCN=C(N)N)cc3)c(=O)[nH]2)c(F)cc1F. The maximum absolute atomic E-state index is 13.9. The smallest absolute Gasteiger partial charge is 0.326 e. The minimum atomic E-state index is -0.929. The van der Waals surface area contributed by atoms with Crippen LogP contribution in [0, 0.1) is 18.6 Å². The van der Waals surface area contributed by atoms with E-state index in [1.165, 1.54) is 13.1 Å². The second kappa shape index (κ2) is 14.0. The van der Waals surface area contributed by atoms with E-state index in [2.05, 4.69) is 30.5 Å². The van der Waals surface area contributed by atoms with E-state index in [1.807, 2.05) is 24.3 Å². The molecule has 0 saturated carbocycles. The molecular formula is C26H33F2N9O2. The average molecular weight is 542 g/mol. The summed E-state index contributed by atoms with van der Waals surface area (Å²) < 4.78 is 27.3. The van der Waals surface area contributed by atoms with Crippen molar-refractivity contribution in [2.75, 3.05) is 36.8 Å². The Balaban J connectivity index is 1.63. The van der Waals surface area contributed by atoms with Crippen LogP contribution in [0.3, 0.4) is 0 Å². The van der Waals surface area contributed by atoms with Crippen LogP contribution in [0.5, 0.6) is 0 Å². The van der Waals surface area contributed by atoms with Crippen LogP contribution >= 0.6 is 0 Å². The van der Waals surface area contributed by atoms with Crippen molar-refractivity contribution in [1.29, 1.82) is 0 Å². The van der Waals surface area contributed by atoms with Gasteiger partial charge in [0, 0.05) is 31.9 Å². The van der Waals surface area contributed by atoms with Crippen molar-refractivity contribution >= 4 is 23.6 Å². The molecule has 3 aromatic rings. The van der Waals surface area contributed by atoms with Crippen LogP contribution in [0.25, 0.3) is 11.1 Å². The van der Waals surface area contributed by atoms with E-state index < -0.39 is 23.2 Å². The number of rotatable bonds is 12. The molecule has 0 radical (unpaired) electrons. The van der Waals surface area contributed by atoms with Crippen LogP contribution in [0.4, 0.5) is 25.2 Å². The van der Waals surface area contributed by atoms with Gasteiger partial charge in [-0.25, -0.2) is 18.6 Å². The first-order chi connectivity index (χ1) is 18.7. The number of hydrogen-bond acceptors (Lipinski definition) is 6. The Kier molecular flexibility index (Phi) is 10.5. The lowest BCUT2D eigenvalue weighted by Crippen LogP contribution is -2.28. The fourth-order valence-electron chi connectivity index (χ4n) is 3.81. The standard InChI is InChI=1S/C26H33F2N9O2/c1-16-12-22(21(28)13-20(16)27)34-26(39)36-25-33-14-19(23(38)35-25)18-6-4-17(5-7-18)15-37(10-2-8-29)11-3-9-32-24(30)31/h4-7,12-14H,2-3,8-11,15,29H2,1H3,(H4,30,31,32)(H3,33,34,35,36,38,39).